The highest BCUT2D eigenvalue weighted by molar-refractivity contribution is 7.00. The summed E-state index contributed by atoms with van der Waals surface area (Å²) in [4.78, 5) is 0. The molecule has 4 fully saturated rings. The topological polar surface area (TPSA) is 102 Å². The Morgan fingerprint density at radius 2 is 0.379 bits per heavy atom. The number of hydrogen-bond acceptors (Lipinski definition) is 11. The first-order valence-electron chi connectivity index (χ1n) is 9.49. The van der Waals surface area contributed by atoms with Crippen LogP contribution in [0.25, 0.3) is 0 Å². The second kappa shape index (κ2) is 6.45. The molecule has 168 valence electrons. The molecule has 4 saturated heterocycles. The normalized spacial score (nSPS) is 56.5. The van der Waals surface area contributed by atoms with Gasteiger partial charge in [0, 0.05) is 39.3 Å². The highest BCUT2D eigenvalue weighted by Crippen LogP contribution is 2.44. The Balaban J connectivity index is 1.95. The van der Waals surface area contributed by atoms with Crippen molar-refractivity contribution in [3.8, 4) is 0 Å². The van der Waals surface area contributed by atoms with E-state index < -0.39 is 69.9 Å². The Morgan fingerprint density at radius 1 is 0.241 bits per heavy atom. The van der Waals surface area contributed by atoms with Gasteiger partial charge in [0.1, 0.15) is 0 Å². The molecule has 4 aliphatic heterocycles. The molecule has 6 bridgehead atoms. The molecule has 0 aromatic carbocycles. The largest absolute Gasteiger partial charge is 0.475 e. The summed E-state index contributed by atoms with van der Waals surface area (Å²) in [5, 5.41) is 0. The van der Waals surface area contributed by atoms with Crippen molar-refractivity contribution in [3.63, 3.8) is 0 Å². The molecule has 0 radical (unpaired) electrons. The molecule has 19 heteroatoms. The van der Waals surface area contributed by atoms with Crippen molar-refractivity contribution in [3.05, 3.63) is 0 Å². The van der Waals surface area contributed by atoms with Gasteiger partial charge in [-0.2, -0.15) is 0 Å². The molecule has 4 atom stereocenters. The number of rotatable bonds is 0. The summed E-state index contributed by atoms with van der Waals surface area (Å²) < 4.78 is 71.3. The minimum atomic E-state index is -3.37. The lowest BCUT2D eigenvalue weighted by molar-refractivity contribution is 0.0208. The number of hydrogen-bond donors (Lipinski definition) is 0. The molecule has 0 aromatic rings. The Kier molecular flexibility index (Phi) is 5.22. The summed E-state index contributed by atoms with van der Waals surface area (Å²) in [6, 6.07) is 0. The van der Waals surface area contributed by atoms with Crippen molar-refractivity contribution in [1.82, 2.24) is 0 Å². The third-order valence-electron chi connectivity index (χ3n) is 4.32. The van der Waals surface area contributed by atoms with Crippen molar-refractivity contribution in [2.75, 3.05) is 0 Å². The van der Waals surface area contributed by atoms with Gasteiger partial charge in [-0.1, -0.05) is 0 Å². The molecule has 4 heterocycles. The lowest BCUT2D eigenvalue weighted by Gasteiger charge is -2.57. The van der Waals surface area contributed by atoms with Crippen LogP contribution in [0.3, 0.4) is 0 Å². The van der Waals surface area contributed by atoms with Crippen LogP contribution in [0.4, 0.5) is 0 Å². The van der Waals surface area contributed by atoms with E-state index in [2.05, 4.69) is 0 Å². The fourth-order valence-corrected chi connectivity index (χ4v) is 48.5. The average molecular weight is 551 g/mol. The van der Waals surface area contributed by atoms with Crippen LogP contribution in [0, 0.1) is 0 Å². The van der Waals surface area contributed by atoms with Gasteiger partial charge in [-0.15, -0.1) is 0 Å². The quantitative estimate of drug-likeness (QED) is 0.414. The van der Waals surface area contributed by atoms with Gasteiger partial charge in [0.15, 0.2) is 0 Å². The molecule has 4 aliphatic rings. The zero-order valence-corrected chi connectivity index (χ0v) is 26.5. The first-order chi connectivity index (χ1) is 12.8. The van der Waals surface area contributed by atoms with E-state index in [-0.39, 0.29) is 0 Å². The maximum Gasteiger partial charge on any atom is 0.475 e. The summed E-state index contributed by atoms with van der Waals surface area (Å²) in [6.07, 6.45) is 0. The van der Waals surface area contributed by atoms with Gasteiger partial charge in [0.25, 0.3) is 0 Å². The van der Waals surface area contributed by atoms with Gasteiger partial charge < -0.3 is 45.3 Å². The molecule has 11 nitrogen and oxygen atoms in total. The van der Waals surface area contributed by atoms with E-state index in [4.69, 9.17) is 45.3 Å². The van der Waals surface area contributed by atoms with E-state index >= 15 is 0 Å². The zero-order chi connectivity index (χ0) is 21.8. The van der Waals surface area contributed by atoms with E-state index in [1.807, 2.05) is 52.4 Å². The molecule has 0 spiro atoms. The Labute approximate surface area is 180 Å². The lowest BCUT2D eigenvalue weighted by atomic mass is 11.9. The molecule has 4 rings (SSSR count). The van der Waals surface area contributed by atoms with Crippen LogP contribution in [0.1, 0.15) is 0 Å². The Morgan fingerprint density at radius 3 is 0.552 bits per heavy atom. The summed E-state index contributed by atoms with van der Waals surface area (Å²) in [5.41, 5.74) is 0. The molecule has 0 saturated carbocycles. The van der Waals surface area contributed by atoms with Gasteiger partial charge in [-0.05, 0) is 26.2 Å². The highest BCUT2D eigenvalue weighted by atomic mass is 28.6. The third-order valence-corrected chi connectivity index (χ3v) is 38.9. The van der Waals surface area contributed by atoms with Crippen LogP contribution in [0.15, 0.2) is 0 Å². The fraction of sp³-hybridized carbons (Fsp3) is 1.00. The van der Waals surface area contributed by atoms with Crippen LogP contribution >= 0.6 is 0 Å². The van der Waals surface area contributed by atoms with Gasteiger partial charge >= 0.3 is 69.9 Å². The average Bonchev–Trinajstić information content (AvgIpc) is 2.22. The van der Waals surface area contributed by atoms with Crippen molar-refractivity contribution < 1.29 is 45.3 Å². The number of fused-ring (bicyclic) bond motifs is 4. The summed E-state index contributed by atoms with van der Waals surface area (Å²) in [7, 11) is -25.7. The first kappa shape index (κ1) is 23.5. The second-order valence-corrected chi connectivity index (χ2v) is 34.0. The fourth-order valence-electron chi connectivity index (χ4n) is 4.56. The van der Waals surface area contributed by atoms with Crippen molar-refractivity contribution >= 4 is 69.9 Å². The monoisotopic (exact) mass is 550 g/mol. The SMILES string of the molecule is C[Si]1(C)O[Si]2(C)O[Si]3(C)O[Si](C)(C)O[Si]4(C)O[Si](C)(O1)O[Si](C)(O2)O[Si](C)(O3)O4. The Hall–Kier alpha value is 1.30. The van der Waals surface area contributed by atoms with Crippen LogP contribution in [-0.2, 0) is 45.3 Å². The van der Waals surface area contributed by atoms with Gasteiger partial charge in [0.2, 0.25) is 0 Å². The molecule has 0 aromatic heterocycles. The van der Waals surface area contributed by atoms with Crippen LogP contribution in [0.5, 0.6) is 0 Å². The summed E-state index contributed by atoms with van der Waals surface area (Å²) in [6.45, 7) is 18.4. The summed E-state index contributed by atoms with van der Waals surface area (Å²) in [5.74, 6) is 0. The standard InChI is InChI=1S/C10H30O11Si8/c1-22(2)11-24(5)15-26(7)13-23(3,4)14-27(8)16-25(6,12-22)18-28(9,17-24)21-29(10,19-26)20-27/h1-10H3. The van der Waals surface area contributed by atoms with E-state index in [1.54, 1.807) is 13.1 Å². The highest BCUT2D eigenvalue weighted by Gasteiger charge is 2.73. The smallest absolute Gasteiger partial charge is 0.395 e. The minimum Gasteiger partial charge on any atom is -0.395 e. The molecule has 0 aliphatic carbocycles. The molecular weight excluding hydrogens is 521 g/mol. The van der Waals surface area contributed by atoms with E-state index in [0.29, 0.717) is 0 Å². The maximum absolute atomic E-state index is 6.51. The second-order valence-electron chi connectivity index (χ2n) is 9.10. The van der Waals surface area contributed by atoms with Crippen LogP contribution < -0.4 is 0 Å². The predicted octanol–water partition coefficient (Wildman–Crippen LogP) is 2.04. The van der Waals surface area contributed by atoms with Crippen LogP contribution in [-0.4, -0.2) is 69.9 Å². The van der Waals surface area contributed by atoms with Crippen molar-refractivity contribution in [2.45, 2.75) is 65.5 Å². The van der Waals surface area contributed by atoms with E-state index in [1.165, 1.54) is 0 Å². The molecule has 29 heavy (non-hydrogen) atoms. The lowest BCUT2D eigenvalue weighted by Crippen LogP contribution is -2.82. The zero-order valence-electron chi connectivity index (χ0n) is 18.5. The minimum absolute atomic E-state index is 1.78. The van der Waals surface area contributed by atoms with Crippen molar-refractivity contribution in [2.24, 2.45) is 0 Å². The Bertz CT molecular complexity index is 615. The molecule has 4 unspecified atom stereocenters. The van der Waals surface area contributed by atoms with E-state index in [9.17, 15) is 0 Å². The first-order valence-corrected chi connectivity index (χ1v) is 28.5. The molecular formula is C10H30O11Si8. The summed E-state index contributed by atoms with van der Waals surface area (Å²) >= 11 is 0. The molecule has 0 N–H and O–H groups in total. The van der Waals surface area contributed by atoms with Crippen LogP contribution in [0.2, 0.25) is 65.5 Å². The molecule has 0 amide bonds. The van der Waals surface area contributed by atoms with Gasteiger partial charge in [0.05, 0.1) is 0 Å². The van der Waals surface area contributed by atoms with Gasteiger partial charge in [-0.25, -0.2) is 0 Å². The predicted molar refractivity (Wildman–Crippen MR) is 117 cm³/mol. The van der Waals surface area contributed by atoms with Crippen molar-refractivity contribution in [1.29, 1.82) is 0 Å². The van der Waals surface area contributed by atoms with E-state index in [0.717, 1.165) is 0 Å². The maximum atomic E-state index is 6.51. The third kappa shape index (κ3) is 4.82. The van der Waals surface area contributed by atoms with Gasteiger partial charge in [-0.3, -0.25) is 0 Å².